The van der Waals surface area contributed by atoms with Gasteiger partial charge in [0.15, 0.2) is 11.0 Å². The fourth-order valence-corrected chi connectivity index (χ4v) is 4.83. The van der Waals surface area contributed by atoms with E-state index in [-0.39, 0.29) is 11.7 Å². The largest absolute Gasteiger partial charge is 0.457 e. The standard InChI is InChI=1S/C27H27N5O2S/c33-26(28-21-10-9-15-24(18-21)34-23-13-5-2-6-14-23)20-35-27-30-29-25(19-31-16-7-8-17-31)32(27)22-11-3-1-4-12-22/h1-6,9-15,18H,7-8,16-17,19-20H2,(H,28,33). The predicted octanol–water partition coefficient (Wildman–Crippen LogP) is 5.39. The Bertz CT molecular complexity index is 1260. The van der Waals surface area contributed by atoms with Gasteiger partial charge in [0.25, 0.3) is 0 Å². The number of carbonyl (C=O) groups excluding carboxylic acids is 1. The number of anilines is 1. The quantitative estimate of drug-likeness (QED) is 0.321. The summed E-state index contributed by atoms with van der Waals surface area (Å²) in [4.78, 5) is 15.1. The minimum Gasteiger partial charge on any atom is -0.457 e. The highest BCUT2D eigenvalue weighted by Gasteiger charge is 2.20. The van der Waals surface area contributed by atoms with Crippen molar-refractivity contribution in [3.05, 3.63) is 90.8 Å². The molecule has 0 unspecified atom stereocenters. The van der Waals surface area contributed by atoms with Crippen molar-refractivity contribution >= 4 is 23.4 Å². The van der Waals surface area contributed by atoms with E-state index in [0.717, 1.165) is 36.9 Å². The minimum absolute atomic E-state index is 0.115. The molecule has 2 heterocycles. The van der Waals surface area contributed by atoms with Gasteiger partial charge in [0.05, 0.1) is 12.3 Å². The molecule has 178 valence electrons. The van der Waals surface area contributed by atoms with Crippen molar-refractivity contribution in [2.45, 2.75) is 24.5 Å². The van der Waals surface area contributed by atoms with E-state index in [9.17, 15) is 4.79 Å². The molecular formula is C27H27N5O2S. The van der Waals surface area contributed by atoms with Gasteiger partial charge in [-0.05, 0) is 62.3 Å². The third-order valence-electron chi connectivity index (χ3n) is 5.71. The summed E-state index contributed by atoms with van der Waals surface area (Å²) in [7, 11) is 0. The molecule has 35 heavy (non-hydrogen) atoms. The second-order valence-corrected chi connectivity index (χ2v) is 9.28. The van der Waals surface area contributed by atoms with E-state index in [0.29, 0.717) is 16.6 Å². The molecule has 0 spiro atoms. The molecule has 5 rings (SSSR count). The number of benzene rings is 3. The van der Waals surface area contributed by atoms with Crippen molar-refractivity contribution in [2.75, 3.05) is 24.2 Å². The second-order valence-electron chi connectivity index (χ2n) is 8.33. The maximum atomic E-state index is 12.8. The zero-order valence-electron chi connectivity index (χ0n) is 19.3. The fourth-order valence-electron chi connectivity index (χ4n) is 4.06. The number of nitrogens with one attached hydrogen (secondary N) is 1. The van der Waals surface area contributed by atoms with Crippen LogP contribution in [0, 0.1) is 0 Å². The SMILES string of the molecule is O=C(CSc1nnc(CN2CCCC2)n1-c1ccccc1)Nc1cccc(Oc2ccccc2)c1. The van der Waals surface area contributed by atoms with Gasteiger partial charge in [0.1, 0.15) is 11.5 Å². The highest BCUT2D eigenvalue weighted by atomic mass is 32.2. The molecule has 1 amide bonds. The average molecular weight is 486 g/mol. The first-order valence-corrected chi connectivity index (χ1v) is 12.7. The number of likely N-dealkylation sites (tertiary alicyclic amines) is 1. The van der Waals surface area contributed by atoms with E-state index >= 15 is 0 Å². The van der Waals surface area contributed by atoms with Gasteiger partial charge in [0, 0.05) is 17.4 Å². The molecule has 1 fully saturated rings. The number of thioether (sulfide) groups is 1. The molecule has 1 N–H and O–H groups in total. The number of carbonyl (C=O) groups is 1. The Kier molecular flexibility index (Phi) is 7.41. The average Bonchev–Trinajstić information content (AvgIpc) is 3.54. The molecule has 0 bridgehead atoms. The Morgan fingerprint density at radius 1 is 0.886 bits per heavy atom. The van der Waals surface area contributed by atoms with Gasteiger partial charge >= 0.3 is 0 Å². The summed E-state index contributed by atoms with van der Waals surface area (Å²) in [6.45, 7) is 2.92. The highest BCUT2D eigenvalue weighted by molar-refractivity contribution is 7.99. The molecule has 4 aromatic rings. The number of amides is 1. The summed E-state index contributed by atoms with van der Waals surface area (Å²) >= 11 is 1.38. The lowest BCUT2D eigenvalue weighted by atomic mass is 10.3. The first-order valence-electron chi connectivity index (χ1n) is 11.7. The third kappa shape index (κ3) is 6.09. The third-order valence-corrected chi connectivity index (χ3v) is 6.64. The summed E-state index contributed by atoms with van der Waals surface area (Å²) in [5.74, 6) is 2.41. The molecule has 1 aromatic heterocycles. The van der Waals surface area contributed by atoms with Crippen molar-refractivity contribution in [2.24, 2.45) is 0 Å². The second kappa shape index (κ2) is 11.2. The van der Waals surface area contributed by atoms with E-state index in [1.54, 1.807) is 0 Å². The van der Waals surface area contributed by atoms with Crippen LogP contribution in [0.2, 0.25) is 0 Å². The zero-order valence-corrected chi connectivity index (χ0v) is 20.2. The minimum atomic E-state index is -0.115. The molecule has 3 aromatic carbocycles. The molecule has 0 radical (unpaired) electrons. The summed E-state index contributed by atoms with van der Waals surface area (Å²) < 4.78 is 7.93. The number of para-hydroxylation sites is 2. The van der Waals surface area contributed by atoms with Crippen molar-refractivity contribution in [3.8, 4) is 17.2 Å². The topological polar surface area (TPSA) is 72.3 Å². The van der Waals surface area contributed by atoms with Gasteiger partial charge in [-0.25, -0.2) is 0 Å². The van der Waals surface area contributed by atoms with E-state index in [1.165, 1.54) is 24.6 Å². The fraction of sp³-hybridized carbons (Fsp3) is 0.222. The molecule has 8 heteroatoms. The lowest BCUT2D eigenvalue weighted by molar-refractivity contribution is -0.113. The molecule has 7 nitrogen and oxygen atoms in total. The van der Waals surface area contributed by atoms with Crippen LogP contribution >= 0.6 is 11.8 Å². The van der Waals surface area contributed by atoms with Gasteiger partial charge in [-0.3, -0.25) is 14.3 Å². The van der Waals surface area contributed by atoms with Crippen LogP contribution in [-0.2, 0) is 11.3 Å². The number of rotatable bonds is 9. The summed E-state index contributed by atoms with van der Waals surface area (Å²) in [5.41, 5.74) is 1.68. The first-order chi connectivity index (χ1) is 17.2. The number of ether oxygens (including phenoxy) is 1. The highest BCUT2D eigenvalue weighted by Crippen LogP contribution is 2.26. The van der Waals surface area contributed by atoms with E-state index in [4.69, 9.17) is 4.74 Å². The Morgan fingerprint density at radius 3 is 2.37 bits per heavy atom. The van der Waals surface area contributed by atoms with Crippen LogP contribution < -0.4 is 10.1 Å². The predicted molar refractivity (Wildman–Crippen MR) is 138 cm³/mol. The Hall–Kier alpha value is -3.62. The summed E-state index contributed by atoms with van der Waals surface area (Å²) in [5, 5.41) is 12.6. The molecule has 1 aliphatic rings. The van der Waals surface area contributed by atoms with Crippen LogP contribution in [0.15, 0.2) is 90.1 Å². The maximum Gasteiger partial charge on any atom is 0.234 e. The lowest BCUT2D eigenvalue weighted by Gasteiger charge is -2.16. The molecular weight excluding hydrogens is 458 g/mol. The molecule has 0 atom stereocenters. The normalized spacial score (nSPS) is 13.6. The zero-order chi connectivity index (χ0) is 23.9. The number of hydrogen-bond acceptors (Lipinski definition) is 6. The van der Waals surface area contributed by atoms with Crippen molar-refractivity contribution in [1.29, 1.82) is 0 Å². The van der Waals surface area contributed by atoms with Crippen LogP contribution in [0.3, 0.4) is 0 Å². The molecule has 1 saturated heterocycles. The maximum absolute atomic E-state index is 12.8. The van der Waals surface area contributed by atoms with Crippen LogP contribution in [0.25, 0.3) is 5.69 Å². The van der Waals surface area contributed by atoms with Gasteiger partial charge in [-0.1, -0.05) is 54.2 Å². The van der Waals surface area contributed by atoms with Crippen molar-refractivity contribution in [1.82, 2.24) is 19.7 Å². The smallest absolute Gasteiger partial charge is 0.234 e. The van der Waals surface area contributed by atoms with E-state index in [2.05, 4.69) is 25.0 Å². The molecule has 0 aliphatic carbocycles. The van der Waals surface area contributed by atoms with Crippen molar-refractivity contribution < 1.29 is 9.53 Å². The molecule has 0 saturated carbocycles. The Labute approximate surface area is 209 Å². The summed E-state index contributed by atoms with van der Waals surface area (Å²) in [6.07, 6.45) is 2.44. The van der Waals surface area contributed by atoms with Crippen molar-refractivity contribution in [3.63, 3.8) is 0 Å². The van der Waals surface area contributed by atoms with E-state index < -0.39 is 0 Å². The van der Waals surface area contributed by atoms with Crippen LogP contribution in [0.1, 0.15) is 18.7 Å². The Morgan fingerprint density at radius 2 is 1.60 bits per heavy atom. The number of aromatic nitrogens is 3. The van der Waals surface area contributed by atoms with Gasteiger partial charge in [0.2, 0.25) is 5.91 Å². The van der Waals surface area contributed by atoms with E-state index in [1.807, 2.05) is 84.9 Å². The monoisotopic (exact) mass is 485 g/mol. The van der Waals surface area contributed by atoms with Crippen LogP contribution in [-0.4, -0.2) is 44.4 Å². The van der Waals surface area contributed by atoms with Crippen LogP contribution in [0.4, 0.5) is 5.69 Å². The van der Waals surface area contributed by atoms with Crippen LogP contribution in [0.5, 0.6) is 11.5 Å². The lowest BCUT2D eigenvalue weighted by Crippen LogP contribution is -2.21. The van der Waals surface area contributed by atoms with Gasteiger partial charge < -0.3 is 10.1 Å². The van der Waals surface area contributed by atoms with Gasteiger partial charge in [-0.2, -0.15) is 0 Å². The Balaban J connectivity index is 1.25. The van der Waals surface area contributed by atoms with Gasteiger partial charge in [-0.15, -0.1) is 10.2 Å². The number of nitrogens with zero attached hydrogens (tertiary/aromatic N) is 4. The summed E-state index contributed by atoms with van der Waals surface area (Å²) in [6, 6.07) is 27.0. The molecule has 1 aliphatic heterocycles. The number of hydrogen-bond donors (Lipinski definition) is 1. The first kappa shape index (κ1) is 23.1.